The fourth-order valence-electron chi connectivity index (χ4n) is 1.89. The van der Waals surface area contributed by atoms with Crippen molar-refractivity contribution < 1.29 is 14.1 Å². The molecule has 1 amide bonds. The van der Waals surface area contributed by atoms with Crippen molar-refractivity contribution in [1.82, 2.24) is 10.5 Å². The van der Waals surface area contributed by atoms with E-state index in [2.05, 4.69) is 15.3 Å². The molecule has 23 heavy (non-hydrogen) atoms. The molecular weight excluding hydrogens is 294 g/mol. The zero-order chi connectivity index (χ0) is 17.0. The van der Waals surface area contributed by atoms with Gasteiger partial charge in [0, 0.05) is 11.6 Å². The Morgan fingerprint density at radius 3 is 2.57 bits per heavy atom. The van der Waals surface area contributed by atoms with Gasteiger partial charge in [0.1, 0.15) is 11.3 Å². The summed E-state index contributed by atoms with van der Waals surface area (Å²) in [7, 11) is 0. The van der Waals surface area contributed by atoms with Crippen LogP contribution in [-0.4, -0.2) is 16.9 Å². The summed E-state index contributed by atoms with van der Waals surface area (Å²) in [5.41, 5.74) is 1.50. The number of hydrogen-bond acceptors (Lipinski definition) is 4. The van der Waals surface area contributed by atoms with E-state index in [1.807, 2.05) is 0 Å². The van der Waals surface area contributed by atoms with E-state index in [0.717, 1.165) is 5.56 Å². The van der Waals surface area contributed by atoms with Crippen molar-refractivity contribution in [3.8, 4) is 11.3 Å². The molecule has 1 aromatic carbocycles. The number of nitrogens with one attached hydrogen (secondary N) is 1. The maximum absolute atomic E-state index is 11.8. The maximum atomic E-state index is 11.8. The highest BCUT2D eigenvalue weighted by Gasteiger charge is 2.20. The smallest absolute Gasteiger partial charge is 0.408 e. The van der Waals surface area contributed by atoms with Gasteiger partial charge in [0.15, 0.2) is 11.4 Å². The molecule has 0 radical (unpaired) electrons. The quantitative estimate of drug-likeness (QED) is 0.848. The maximum Gasteiger partial charge on any atom is 0.408 e. The Labute approximate surface area is 135 Å². The van der Waals surface area contributed by atoms with E-state index in [-0.39, 0.29) is 6.04 Å². The second-order valence-electron chi connectivity index (χ2n) is 6.14. The van der Waals surface area contributed by atoms with E-state index >= 15 is 0 Å². The number of carbonyl (C=O) groups is 1. The summed E-state index contributed by atoms with van der Waals surface area (Å²) in [4.78, 5) is 15.1. The largest absolute Gasteiger partial charge is 0.444 e. The third kappa shape index (κ3) is 4.58. The minimum atomic E-state index is -0.555. The molecule has 1 N–H and O–H groups in total. The first kappa shape index (κ1) is 16.6. The number of aromatic nitrogens is 1. The minimum Gasteiger partial charge on any atom is -0.444 e. The number of carbonyl (C=O) groups excluding carboxylic acids is 1. The Kier molecular flexibility index (Phi) is 4.70. The lowest BCUT2D eigenvalue weighted by Gasteiger charge is -2.21. The van der Waals surface area contributed by atoms with Crippen LogP contribution in [0.2, 0.25) is 0 Å². The highest BCUT2D eigenvalue weighted by Crippen LogP contribution is 2.24. The molecule has 0 unspecified atom stereocenters. The van der Waals surface area contributed by atoms with Gasteiger partial charge in [-0.2, -0.15) is 0 Å². The van der Waals surface area contributed by atoms with Crippen molar-refractivity contribution in [2.24, 2.45) is 0 Å². The van der Waals surface area contributed by atoms with Crippen molar-refractivity contribution in [3.63, 3.8) is 0 Å². The van der Waals surface area contributed by atoms with Gasteiger partial charge in [-0.05, 0) is 27.7 Å². The molecule has 6 heteroatoms. The molecule has 0 aliphatic heterocycles. The minimum absolute atomic E-state index is 0.367. The molecule has 0 aliphatic rings. The number of alkyl carbamates (subject to hydrolysis) is 1. The zero-order valence-electron chi connectivity index (χ0n) is 13.6. The van der Waals surface area contributed by atoms with Crippen molar-refractivity contribution in [2.75, 3.05) is 0 Å². The molecule has 0 bridgehead atoms. The number of rotatable bonds is 3. The van der Waals surface area contributed by atoms with Gasteiger partial charge in [0.2, 0.25) is 0 Å². The number of ether oxygens (including phenoxy) is 1. The fraction of sp³-hybridized carbons (Fsp3) is 0.353. The van der Waals surface area contributed by atoms with E-state index in [4.69, 9.17) is 15.8 Å². The molecule has 0 fully saturated rings. The Morgan fingerprint density at radius 1 is 1.35 bits per heavy atom. The highest BCUT2D eigenvalue weighted by molar-refractivity contribution is 5.68. The summed E-state index contributed by atoms with van der Waals surface area (Å²) in [5, 5.41) is 6.70. The van der Waals surface area contributed by atoms with Crippen LogP contribution in [0.3, 0.4) is 0 Å². The molecule has 0 spiro atoms. The summed E-state index contributed by atoms with van der Waals surface area (Å²) in [6, 6.07) is 8.45. The lowest BCUT2D eigenvalue weighted by atomic mass is 10.1. The third-order valence-electron chi connectivity index (χ3n) is 2.98. The van der Waals surface area contributed by atoms with Gasteiger partial charge in [-0.3, -0.25) is 0 Å². The van der Waals surface area contributed by atoms with Crippen molar-refractivity contribution in [1.29, 1.82) is 0 Å². The van der Waals surface area contributed by atoms with Crippen LogP contribution in [0.4, 0.5) is 10.5 Å². The highest BCUT2D eigenvalue weighted by atomic mass is 16.6. The lowest BCUT2D eigenvalue weighted by Crippen LogP contribution is -2.33. The number of benzene rings is 1. The summed E-state index contributed by atoms with van der Waals surface area (Å²) in [6.07, 6.45) is -0.510. The van der Waals surface area contributed by atoms with Crippen LogP contribution in [0.1, 0.15) is 39.5 Å². The van der Waals surface area contributed by atoms with Crippen LogP contribution in [0.5, 0.6) is 0 Å². The molecule has 1 atom stereocenters. The van der Waals surface area contributed by atoms with Gasteiger partial charge in [0.05, 0.1) is 12.6 Å². The average Bonchev–Trinajstić information content (AvgIpc) is 2.95. The Hall–Kier alpha value is -2.81. The van der Waals surface area contributed by atoms with Crippen LogP contribution >= 0.6 is 0 Å². The number of amides is 1. The number of nitrogens with zero attached hydrogens (tertiary/aromatic N) is 2. The first-order valence-corrected chi connectivity index (χ1v) is 7.22. The summed E-state index contributed by atoms with van der Waals surface area (Å²) in [6.45, 7) is 14.1. The van der Waals surface area contributed by atoms with Crippen molar-refractivity contribution >= 4 is 11.8 Å². The zero-order valence-corrected chi connectivity index (χ0v) is 13.6. The first-order chi connectivity index (χ1) is 10.8. The predicted molar refractivity (Wildman–Crippen MR) is 86.0 cm³/mol. The topological polar surface area (TPSA) is 68.7 Å². The molecular formula is C17H19N3O3. The standard InChI is InChI=1S/C17H19N3O3/c1-11(19-16(21)22-17(2,3)4)15-10-14(20-23-15)12-6-8-13(18-5)9-7-12/h6-11H,1-4H3,(H,19,21)/t11-/m1/s1. The summed E-state index contributed by atoms with van der Waals surface area (Å²) >= 11 is 0. The van der Waals surface area contributed by atoms with Crippen LogP contribution in [0, 0.1) is 6.57 Å². The van der Waals surface area contributed by atoms with Gasteiger partial charge in [-0.1, -0.05) is 29.4 Å². The normalized spacial score (nSPS) is 12.3. The molecule has 0 saturated heterocycles. The van der Waals surface area contributed by atoms with Gasteiger partial charge in [-0.15, -0.1) is 0 Å². The molecule has 1 aromatic heterocycles. The van der Waals surface area contributed by atoms with Gasteiger partial charge >= 0.3 is 6.09 Å². The molecule has 120 valence electrons. The second kappa shape index (κ2) is 6.53. The Balaban J connectivity index is 2.06. The number of hydrogen-bond donors (Lipinski definition) is 1. The van der Waals surface area contributed by atoms with E-state index in [0.29, 0.717) is 17.1 Å². The van der Waals surface area contributed by atoms with E-state index in [1.54, 1.807) is 58.0 Å². The monoisotopic (exact) mass is 313 g/mol. The average molecular weight is 313 g/mol. The molecule has 0 aliphatic carbocycles. The van der Waals surface area contributed by atoms with Crippen LogP contribution in [0.25, 0.3) is 16.1 Å². The third-order valence-corrected chi connectivity index (χ3v) is 2.98. The van der Waals surface area contributed by atoms with E-state index < -0.39 is 11.7 Å². The van der Waals surface area contributed by atoms with Crippen LogP contribution in [-0.2, 0) is 4.74 Å². The Morgan fingerprint density at radius 2 is 2.00 bits per heavy atom. The van der Waals surface area contributed by atoms with E-state index in [1.165, 1.54) is 0 Å². The lowest BCUT2D eigenvalue weighted by molar-refractivity contribution is 0.0500. The van der Waals surface area contributed by atoms with Gasteiger partial charge < -0.3 is 14.6 Å². The van der Waals surface area contributed by atoms with Crippen molar-refractivity contribution in [3.05, 3.63) is 47.5 Å². The molecule has 2 rings (SSSR count). The second-order valence-corrected chi connectivity index (χ2v) is 6.14. The van der Waals surface area contributed by atoms with Crippen LogP contribution in [0.15, 0.2) is 34.9 Å². The summed E-state index contributed by atoms with van der Waals surface area (Å²) < 4.78 is 10.5. The Bertz CT molecular complexity index is 721. The summed E-state index contributed by atoms with van der Waals surface area (Å²) in [5.74, 6) is 0.528. The predicted octanol–water partition coefficient (Wildman–Crippen LogP) is 4.48. The van der Waals surface area contributed by atoms with Gasteiger partial charge in [-0.25, -0.2) is 9.64 Å². The van der Waals surface area contributed by atoms with E-state index in [9.17, 15) is 4.79 Å². The van der Waals surface area contributed by atoms with Crippen molar-refractivity contribution in [2.45, 2.75) is 39.3 Å². The molecule has 6 nitrogen and oxygen atoms in total. The van der Waals surface area contributed by atoms with Crippen LogP contribution < -0.4 is 5.32 Å². The molecule has 0 saturated carbocycles. The van der Waals surface area contributed by atoms with Gasteiger partial charge in [0.25, 0.3) is 0 Å². The molecule has 1 heterocycles. The first-order valence-electron chi connectivity index (χ1n) is 7.22. The fourth-order valence-corrected chi connectivity index (χ4v) is 1.89. The molecule has 2 aromatic rings. The SMILES string of the molecule is [C-]#[N+]c1ccc(-c2cc([C@@H](C)NC(=O)OC(C)(C)C)on2)cc1.